The zero-order valence-electron chi connectivity index (χ0n) is 17.8. The third kappa shape index (κ3) is 4.08. The van der Waals surface area contributed by atoms with E-state index in [1.807, 2.05) is 24.3 Å². The highest BCUT2D eigenvalue weighted by Crippen LogP contribution is 2.45. The first-order valence-electron chi connectivity index (χ1n) is 10.2. The maximum Gasteiger partial charge on any atom is 0.303 e. The average molecular weight is 425 g/mol. The van der Waals surface area contributed by atoms with Crippen molar-refractivity contribution in [2.45, 2.75) is 38.2 Å². The van der Waals surface area contributed by atoms with Crippen molar-refractivity contribution in [2.24, 2.45) is 21.6 Å². The smallest absolute Gasteiger partial charge is 0.303 e. The highest BCUT2D eigenvalue weighted by molar-refractivity contribution is 6.09. The number of hydrogen-bond donors (Lipinski definition) is 4. The Labute approximate surface area is 180 Å². The summed E-state index contributed by atoms with van der Waals surface area (Å²) in [4.78, 5) is 8.73. The molecule has 0 spiro atoms. The first kappa shape index (κ1) is 21.1. The molecule has 6 N–H and O–H groups in total. The van der Waals surface area contributed by atoms with E-state index in [9.17, 15) is 9.50 Å². The molecule has 31 heavy (non-hydrogen) atoms. The molecular formula is C23H27FN5O2+. The fourth-order valence-corrected chi connectivity index (χ4v) is 4.24. The highest BCUT2D eigenvalue weighted by atomic mass is 19.1. The number of benzene rings is 2. The van der Waals surface area contributed by atoms with Gasteiger partial charge in [-0.25, -0.2) is 9.71 Å². The SMILES string of the molecule is COc1cc(F)cc2c1N=C(N)[NH2+]C2=NC(=N)C1CC(c2ccccc2C(C)(C)O)C1. The average Bonchev–Trinajstić information content (AvgIpc) is 2.66. The number of nitrogens with zero attached hydrogens (tertiary/aromatic N) is 2. The maximum atomic E-state index is 14.1. The number of guanidine groups is 1. The number of aliphatic hydroxyl groups is 1. The number of rotatable bonds is 4. The zero-order chi connectivity index (χ0) is 22.3. The molecule has 1 saturated carbocycles. The van der Waals surface area contributed by atoms with Gasteiger partial charge < -0.3 is 15.6 Å². The van der Waals surface area contributed by atoms with Gasteiger partial charge in [-0.1, -0.05) is 24.3 Å². The van der Waals surface area contributed by atoms with Crippen molar-refractivity contribution in [3.05, 3.63) is 58.9 Å². The number of hydrogen-bond acceptors (Lipinski definition) is 5. The van der Waals surface area contributed by atoms with Crippen molar-refractivity contribution in [3.8, 4) is 5.75 Å². The maximum absolute atomic E-state index is 14.1. The molecule has 1 aliphatic carbocycles. The van der Waals surface area contributed by atoms with Crippen LogP contribution >= 0.6 is 0 Å². The van der Waals surface area contributed by atoms with Crippen LogP contribution in [0.25, 0.3) is 0 Å². The van der Waals surface area contributed by atoms with E-state index in [0.29, 0.717) is 17.1 Å². The summed E-state index contributed by atoms with van der Waals surface area (Å²) in [6, 6.07) is 10.5. The lowest BCUT2D eigenvalue weighted by atomic mass is 9.68. The van der Waals surface area contributed by atoms with Crippen LogP contribution in [0.1, 0.15) is 49.3 Å². The van der Waals surface area contributed by atoms with Crippen molar-refractivity contribution in [1.29, 1.82) is 5.41 Å². The van der Waals surface area contributed by atoms with E-state index in [4.69, 9.17) is 15.9 Å². The lowest BCUT2D eigenvalue weighted by Gasteiger charge is -2.37. The highest BCUT2D eigenvalue weighted by Gasteiger charge is 2.37. The van der Waals surface area contributed by atoms with Crippen molar-refractivity contribution < 1.29 is 19.6 Å². The molecule has 162 valence electrons. The molecule has 8 heteroatoms. The molecule has 7 nitrogen and oxygen atoms in total. The van der Waals surface area contributed by atoms with Gasteiger partial charge in [-0.05, 0) is 49.8 Å². The van der Waals surface area contributed by atoms with Gasteiger partial charge in [0, 0.05) is 12.0 Å². The molecule has 1 aliphatic heterocycles. The fraction of sp³-hybridized carbons (Fsp3) is 0.348. The van der Waals surface area contributed by atoms with E-state index in [0.717, 1.165) is 24.0 Å². The van der Waals surface area contributed by atoms with Gasteiger partial charge in [0.05, 0.1) is 18.3 Å². The largest absolute Gasteiger partial charge is 0.494 e. The second-order valence-electron chi connectivity index (χ2n) is 8.58. The Balaban J connectivity index is 1.55. The Morgan fingerprint density at radius 1 is 1.32 bits per heavy atom. The lowest BCUT2D eigenvalue weighted by Crippen LogP contribution is -2.95. The number of fused-ring (bicyclic) bond motifs is 1. The van der Waals surface area contributed by atoms with E-state index in [1.54, 1.807) is 19.2 Å². The van der Waals surface area contributed by atoms with Crippen LogP contribution in [0.4, 0.5) is 10.1 Å². The summed E-state index contributed by atoms with van der Waals surface area (Å²) < 4.78 is 19.3. The summed E-state index contributed by atoms with van der Waals surface area (Å²) in [5.74, 6) is 0.926. The molecule has 0 aromatic heterocycles. The summed E-state index contributed by atoms with van der Waals surface area (Å²) in [5.41, 5.74) is 7.91. The number of aliphatic imine (C=N–C) groups is 2. The molecule has 4 rings (SSSR count). The summed E-state index contributed by atoms with van der Waals surface area (Å²) in [6.45, 7) is 3.57. The number of ether oxygens (including phenoxy) is 1. The van der Waals surface area contributed by atoms with E-state index in [2.05, 4.69) is 9.98 Å². The first-order valence-corrected chi connectivity index (χ1v) is 10.2. The summed E-state index contributed by atoms with van der Waals surface area (Å²) in [6.07, 6.45) is 1.54. The third-order valence-corrected chi connectivity index (χ3v) is 5.89. The molecule has 0 unspecified atom stereocenters. The van der Waals surface area contributed by atoms with E-state index < -0.39 is 11.4 Å². The number of halogens is 1. The predicted octanol–water partition coefficient (Wildman–Crippen LogP) is 2.50. The molecule has 0 radical (unpaired) electrons. The van der Waals surface area contributed by atoms with Crippen LogP contribution in [-0.4, -0.2) is 29.8 Å². The fourth-order valence-electron chi connectivity index (χ4n) is 4.24. The van der Waals surface area contributed by atoms with Crippen LogP contribution in [0.3, 0.4) is 0 Å². The zero-order valence-corrected chi connectivity index (χ0v) is 17.8. The van der Waals surface area contributed by atoms with Gasteiger partial charge in [0.1, 0.15) is 23.1 Å². The van der Waals surface area contributed by atoms with Crippen molar-refractivity contribution in [2.75, 3.05) is 7.11 Å². The van der Waals surface area contributed by atoms with Gasteiger partial charge in [0.2, 0.25) is 5.84 Å². The molecule has 0 bridgehead atoms. The Morgan fingerprint density at radius 3 is 2.71 bits per heavy atom. The van der Waals surface area contributed by atoms with Crippen molar-refractivity contribution >= 4 is 23.3 Å². The standard InChI is InChI=1S/C23H26FN5O2/c1-23(2,30)17-7-5-4-6-15(17)12-8-13(9-12)20(25)28-21-16-10-14(24)11-18(31-3)19(16)27-22(26)29-21/h4-7,10-13,30H,8-9H2,1-3H3,(H4,25,26,27,28,29)/p+1. The Hall–Kier alpha value is -3.10. The Morgan fingerprint density at radius 2 is 2.03 bits per heavy atom. The molecule has 0 atom stereocenters. The van der Waals surface area contributed by atoms with Gasteiger partial charge in [0.25, 0.3) is 0 Å². The monoisotopic (exact) mass is 424 g/mol. The summed E-state index contributed by atoms with van der Waals surface area (Å²) >= 11 is 0. The molecule has 1 fully saturated rings. The second kappa shape index (κ2) is 7.86. The summed E-state index contributed by atoms with van der Waals surface area (Å²) in [7, 11) is 1.44. The van der Waals surface area contributed by atoms with Gasteiger partial charge in [0.15, 0.2) is 0 Å². The summed E-state index contributed by atoms with van der Waals surface area (Å²) in [5, 5.41) is 20.5. The van der Waals surface area contributed by atoms with Crippen molar-refractivity contribution in [3.63, 3.8) is 0 Å². The van der Waals surface area contributed by atoms with Crippen LogP contribution < -0.4 is 15.8 Å². The first-order chi connectivity index (χ1) is 14.7. The van der Waals surface area contributed by atoms with Crippen LogP contribution in [-0.2, 0) is 5.60 Å². The van der Waals surface area contributed by atoms with E-state index in [1.165, 1.54) is 19.2 Å². The molecule has 1 heterocycles. The molecule has 2 aromatic rings. The molecule has 2 aromatic carbocycles. The minimum atomic E-state index is -0.920. The van der Waals surface area contributed by atoms with Gasteiger partial charge in [-0.3, -0.25) is 5.41 Å². The normalized spacial score (nSPS) is 21.8. The number of amidine groups is 2. The Bertz CT molecular complexity index is 1100. The minimum absolute atomic E-state index is 0.0141. The van der Waals surface area contributed by atoms with Gasteiger partial charge in [-0.15, -0.1) is 0 Å². The van der Waals surface area contributed by atoms with Crippen LogP contribution in [0.5, 0.6) is 5.75 Å². The van der Waals surface area contributed by atoms with Crippen molar-refractivity contribution in [1.82, 2.24) is 0 Å². The molecule has 2 aliphatic rings. The second-order valence-corrected chi connectivity index (χ2v) is 8.58. The number of methoxy groups -OCH3 is 1. The molecule has 0 amide bonds. The predicted molar refractivity (Wildman–Crippen MR) is 118 cm³/mol. The number of quaternary nitrogens is 1. The molecule has 0 saturated heterocycles. The van der Waals surface area contributed by atoms with Gasteiger partial charge in [-0.2, -0.15) is 9.98 Å². The third-order valence-electron chi connectivity index (χ3n) is 5.89. The van der Waals surface area contributed by atoms with Crippen LogP contribution in [0, 0.1) is 17.1 Å². The number of nitrogens with one attached hydrogen (secondary N) is 1. The van der Waals surface area contributed by atoms with E-state index >= 15 is 0 Å². The van der Waals surface area contributed by atoms with Crippen LogP contribution in [0.2, 0.25) is 0 Å². The quantitative estimate of drug-likeness (QED) is 0.446. The minimum Gasteiger partial charge on any atom is -0.494 e. The lowest BCUT2D eigenvalue weighted by molar-refractivity contribution is -0.409. The van der Waals surface area contributed by atoms with Gasteiger partial charge >= 0.3 is 5.96 Å². The molecular weight excluding hydrogens is 397 g/mol. The van der Waals surface area contributed by atoms with E-state index in [-0.39, 0.29) is 29.4 Å². The van der Waals surface area contributed by atoms with Crippen LogP contribution in [0.15, 0.2) is 46.4 Å². The Kier molecular flexibility index (Phi) is 5.36. The topological polar surface area (TPSA) is 121 Å². The number of nitrogens with two attached hydrogens (primary N) is 2.